The van der Waals surface area contributed by atoms with Crippen molar-refractivity contribution < 1.29 is 14.4 Å². The van der Waals surface area contributed by atoms with Gasteiger partial charge in [0.1, 0.15) is 12.6 Å². The van der Waals surface area contributed by atoms with Crippen molar-refractivity contribution in [1.82, 2.24) is 15.5 Å². The predicted molar refractivity (Wildman–Crippen MR) is 69.2 cm³/mol. The highest BCUT2D eigenvalue weighted by Crippen LogP contribution is 2.17. The molecule has 0 aromatic heterocycles. The van der Waals surface area contributed by atoms with E-state index >= 15 is 0 Å². The van der Waals surface area contributed by atoms with E-state index in [-0.39, 0.29) is 24.3 Å². The molecule has 2 atom stereocenters. The van der Waals surface area contributed by atoms with Gasteiger partial charge in [-0.3, -0.25) is 19.7 Å². The number of nitrogens with zero attached hydrogens (tertiary/aromatic N) is 1. The van der Waals surface area contributed by atoms with Gasteiger partial charge in [0.25, 0.3) is 0 Å². The quantitative estimate of drug-likeness (QED) is 0.682. The molecule has 2 heterocycles. The van der Waals surface area contributed by atoms with E-state index in [0.717, 1.165) is 25.9 Å². The van der Waals surface area contributed by atoms with E-state index in [4.69, 9.17) is 0 Å². The highest BCUT2D eigenvalue weighted by molar-refractivity contribution is 6.04. The Labute approximate surface area is 112 Å². The van der Waals surface area contributed by atoms with Crippen molar-refractivity contribution in [2.45, 2.75) is 38.6 Å². The molecule has 0 aromatic carbocycles. The van der Waals surface area contributed by atoms with Crippen LogP contribution >= 0.6 is 0 Å². The summed E-state index contributed by atoms with van der Waals surface area (Å²) < 4.78 is 0. The molecule has 0 aromatic rings. The van der Waals surface area contributed by atoms with Crippen LogP contribution in [-0.2, 0) is 14.4 Å². The topological polar surface area (TPSA) is 78.5 Å². The fourth-order valence-electron chi connectivity index (χ4n) is 2.77. The molecule has 3 amide bonds. The Morgan fingerprint density at radius 2 is 2.21 bits per heavy atom. The van der Waals surface area contributed by atoms with Crippen LogP contribution < -0.4 is 10.6 Å². The summed E-state index contributed by atoms with van der Waals surface area (Å²) in [5, 5.41) is 5.55. The number of nitrogens with one attached hydrogen (secondary N) is 2. The van der Waals surface area contributed by atoms with Crippen LogP contribution in [0.4, 0.5) is 0 Å². The van der Waals surface area contributed by atoms with Gasteiger partial charge in [-0.1, -0.05) is 6.92 Å². The maximum absolute atomic E-state index is 12.2. The number of hydrogen-bond acceptors (Lipinski definition) is 4. The van der Waals surface area contributed by atoms with Crippen molar-refractivity contribution in [3.05, 3.63) is 0 Å². The maximum Gasteiger partial charge on any atom is 0.249 e. The van der Waals surface area contributed by atoms with E-state index in [1.807, 2.05) is 6.92 Å². The van der Waals surface area contributed by atoms with E-state index < -0.39 is 6.04 Å². The van der Waals surface area contributed by atoms with Crippen LogP contribution in [0.3, 0.4) is 0 Å². The molecule has 2 unspecified atom stereocenters. The van der Waals surface area contributed by atoms with Crippen molar-refractivity contribution >= 4 is 17.7 Å². The normalized spacial score (nSPS) is 27.5. The smallest absolute Gasteiger partial charge is 0.249 e. The van der Waals surface area contributed by atoms with Crippen molar-refractivity contribution in [3.63, 3.8) is 0 Å². The van der Waals surface area contributed by atoms with E-state index in [2.05, 4.69) is 10.6 Å². The SMILES string of the molecule is CCC1C(=O)NC(=O)CN1C(=O)CCC1CCNC1. The lowest BCUT2D eigenvalue weighted by Crippen LogP contribution is -2.59. The van der Waals surface area contributed by atoms with E-state index in [1.54, 1.807) is 0 Å². The Bertz CT molecular complexity index is 377. The van der Waals surface area contributed by atoms with Crippen LogP contribution in [0.5, 0.6) is 0 Å². The van der Waals surface area contributed by atoms with Crippen molar-refractivity contribution in [2.24, 2.45) is 5.92 Å². The van der Waals surface area contributed by atoms with Crippen LogP contribution in [-0.4, -0.2) is 48.3 Å². The van der Waals surface area contributed by atoms with Crippen LogP contribution in [0.15, 0.2) is 0 Å². The average molecular weight is 267 g/mol. The molecule has 2 saturated heterocycles. The molecule has 2 rings (SSSR count). The number of carbonyl (C=O) groups excluding carboxylic acids is 3. The number of amides is 3. The third-order valence-electron chi connectivity index (χ3n) is 3.89. The molecular weight excluding hydrogens is 246 g/mol. The molecule has 2 N–H and O–H groups in total. The first-order chi connectivity index (χ1) is 9.11. The summed E-state index contributed by atoms with van der Waals surface area (Å²) in [4.78, 5) is 36.7. The third-order valence-corrected chi connectivity index (χ3v) is 3.89. The lowest BCUT2D eigenvalue weighted by Gasteiger charge is -2.33. The zero-order valence-corrected chi connectivity index (χ0v) is 11.3. The zero-order valence-electron chi connectivity index (χ0n) is 11.3. The Hall–Kier alpha value is -1.43. The molecule has 0 radical (unpaired) electrons. The molecule has 6 heteroatoms. The number of imide groups is 1. The second-order valence-corrected chi connectivity index (χ2v) is 5.26. The fraction of sp³-hybridized carbons (Fsp3) is 0.769. The Kier molecular flexibility index (Phi) is 4.52. The Balaban J connectivity index is 1.91. The molecule has 6 nitrogen and oxygen atoms in total. The van der Waals surface area contributed by atoms with Crippen LogP contribution in [0, 0.1) is 5.92 Å². The fourth-order valence-corrected chi connectivity index (χ4v) is 2.77. The van der Waals surface area contributed by atoms with E-state index in [9.17, 15) is 14.4 Å². The molecule has 0 aliphatic carbocycles. The van der Waals surface area contributed by atoms with E-state index in [0.29, 0.717) is 18.8 Å². The summed E-state index contributed by atoms with van der Waals surface area (Å²) in [7, 11) is 0. The highest BCUT2D eigenvalue weighted by atomic mass is 16.2. The lowest BCUT2D eigenvalue weighted by molar-refractivity contribution is -0.150. The average Bonchev–Trinajstić information content (AvgIpc) is 2.88. The first-order valence-electron chi connectivity index (χ1n) is 6.95. The van der Waals surface area contributed by atoms with Gasteiger partial charge in [-0.2, -0.15) is 0 Å². The Morgan fingerprint density at radius 1 is 1.42 bits per heavy atom. The molecule has 19 heavy (non-hydrogen) atoms. The van der Waals surface area contributed by atoms with Crippen LogP contribution in [0.25, 0.3) is 0 Å². The summed E-state index contributed by atoms with van der Waals surface area (Å²) in [5.74, 6) is -0.277. The number of hydrogen-bond donors (Lipinski definition) is 2. The standard InChI is InChI=1S/C13H21N3O3/c1-2-10-13(19)15-11(17)8-16(10)12(18)4-3-9-5-6-14-7-9/h9-10,14H,2-8H2,1H3,(H,15,17,19). The molecular formula is C13H21N3O3. The minimum atomic E-state index is -0.494. The molecule has 0 saturated carbocycles. The summed E-state index contributed by atoms with van der Waals surface area (Å²) in [6.45, 7) is 3.83. The van der Waals surface area contributed by atoms with Crippen molar-refractivity contribution in [3.8, 4) is 0 Å². The molecule has 0 spiro atoms. The summed E-state index contributed by atoms with van der Waals surface area (Å²) >= 11 is 0. The maximum atomic E-state index is 12.2. The monoisotopic (exact) mass is 267 g/mol. The minimum absolute atomic E-state index is 0.00595. The third kappa shape index (κ3) is 3.32. The van der Waals surface area contributed by atoms with Gasteiger partial charge in [-0.05, 0) is 38.3 Å². The number of rotatable bonds is 4. The van der Waals surface area contributed by atoms with Gasteiger partial charge in [0.2, 0.25) is 17.7 Å². The van der Waals surface area contributed by atoms with E-state index in [1.165, 1.54) is 4.90 Å². The second-order valence-electron chi connectivity index (χ2n) is 5.26. The molecule has 106 valence electrons. The Morgan fingerprint density at radius 3 is 2.84 bits per heavy atom. The second kappa shape index (κ2) is 6.14. The largest absolute Gasteiger partial charge is 0.321 e. The zero-order chi connectivity index (χ0) is 13.8. The summed E-state index contributed by atoms with van der Waals surface area (Å²) in [6.07, 6.45) is 2.89. The van der Waals surface area contributed by atoms with Gasteiger partial charge in [0.05, 0.1) is 0 Å². The lowest BCUT2D eigenvalue weighted by atomic mass is 10.0. The van der Waals surface area contributed by atoms with Crippen molar-refractivity contribution in [1.29, 1.82) is 0 Å². The molecule has 2 aliphatic heterocycles. The summed E-state index contributed by atoms with van der Waals surface area (Å²) in [6, 6.07) is -0.494. The van der Waals surface area contributed by atoms with Gasteiger partial charge >= 0.3 is 0 Å². The van der Waals surface area contributed by atoms with Crippen LogP contribution in [0.2, 0.25) is 0 Å². The van der Waals surface area contributed by atoms with Gasteiger partial charge in [-0.25, -0.2) is 0 Å². The predicted octanol–water partition coefficient (Wildman–Crippen LogP) is -0.360. The van der Waals surface area contributed by atoms with Gasteiger partial charge in [0.15, 0.2) is 0 Å². The van der Waals surface area contributed by atoms with Crippen LogP contribution in [0.1, 0.15) is 32.6 Å². The number of carbonyl (C=O) groups is 3. The number of piperazine rings is 1. The van der Waals surface area contributed by atoms with Crippen molar-refractivity contribution in [2.75, 3.05) is 19.6 Å². The minimum Gasteiger partial charge on any atom is -0.321 e. The van der Waals surface area contributed by atoms with Gasteiger partial charge in [-0.15, -0.1) is 0 Å². The molecule has 2 aliphatic rings. The summed E-state index contributed by atoms with van der Waals surface area (Å²) in [5.41, 5.74) is 0. The first-order valence-corrected chi connectivity index (χ1v) is 6.95. The highest BCUT2D eigenvalue weighted by Gasteiger charge is 2.35. The molecule has 0 bridgehead atoms. The van der Waals surface area contributed by atoms with Gasteiger partial charge < -0.3 is 10.2 Å². The van der Waals surface area contributed by atoms with Gasteiger partial charge in [0, 0.05) is 6.42 Å². The molecule has 2 fully saturated rings. The first kappa shape index (κ1) is 14.0.